The van der Waals surface area contributed by atoms with Gasteiger partial charge in [-0.05, 0) is 39.0 Å². The highest BCUT2D eigenvalue weighted by Gasteiger charge is 2.28. The third-order valence-corrected chi connectivity index (χ3v) is 3.73. The molecular weight excluding hydrogens is 240 g/mol. The summed E-state index contributed by atoms with van der Waals surface area (Å²) in [6.45, 7) is 12.4. The van der Waals surface area contributed by atoms with Gasteiger partial charge >= 0.3 is 0 Å². The molecule has 1 fully saturated rings. The molecule has 1 atom stereocenters. The summed E-state index contributed by atoms with van der Waals surface area (Å²) in [6.07, 6.45) is 2.06. The lowest BCUT2D eigenvalue weighted by molar-refractivity contribution is -0.132. The normalized spacial score (nSPS) is 22.2. The molecule has 1 heterocycles. The lowest BCUT2D eigenvalue weighted by atomic mass is 9.85. The van der Waals surface area contributed by atoms with Crippen LogP contribution in [0, 0.1) is 5.41 Å². The molecule has 4 heteroatoms. The fraction of sp³-hybridized carbons (Fsp3) is 0.933. The summed E-state index contributed by atoms with van der Waals surface area (Å²) < 4.78 is 0. The molecule has 1 unspecified atom stereocenters. The first-order chi connectivity index (χ1) is 8.59. The molecule has 0 aromatic heterocycles. The Morgan fingerprint density at radius 1 is 1.37 bits per heavy atom. The molecule has 1 amide bonds. The van der Waals surface area contributed by atoms with Gasteiger partial charge in [-0.15, -0.1) is 0 Å². The van der Waals surface area contributed by atoms with Crippen molar-refractivity contribution in [1.82, 2.24) is 10.2 Å². The predicted molar refractivity (Wildman–Crippen MR) is 78.0 cm³/mol. The number of aliphatic hydroxyl groups excluding tert-OH is 1. The van der Waals surface area contributed by atoms with E-state index >= 15 is 0 Å². The standard InChI is InChI=1S/C15H30N2O2/c1-14(2,3)16-10-12(18)11-17-9-8-15(4,5)7-6-13(17)19/h12,16,18H,6-11H2,1-5H3. The smallest absolute Gasteiger partial charge is 0.222 e. The van der Waals surface area contributed by atoms with E-state index in [4.69, 9.17) is 0 Å². The maximum absolute atomic E-state index is 12.0. The van der Waals surface area contributed by atoms with Gasteiger partial charge in [-0.2, -0.15) is 0 Å². The van der Waals surface area contributed by atoms with Crippen molar-refractivity contribution < 1.29 is 9.90 Å². The van der Waals surface area contributed by atoms with Crippen LogP contribution in [-0.4, -0.2) is 47.2 Å². The van der Waals surface area contributed by atoms with Crippen LogP contribution in [0.5, 0.6) is 0 Å². The quantitative estimate of drug-likeness (QED) is 0.818. The molecule has 0 bridgehead atoms. The highest BCUT2D eigenvalue weighted by Crippen LogP contribution is 2.30. The van der Waals surface area contributed by atoms with E-state index in [0.717, 1.165) is 19.4 Å². The van der Waals surface area contributed by atoms with Crippen molar-refractivity contribution in [2.24, 2.45) is 5.41 Å². The third-order valence-electron chi connectivity index (χ3n) is 3.73. The number of amides is 1. The second-order valence-electron chi connectivity index (χ2n) is 7.54. The molecule has 4 nitrogen and oxygen atoms in total. The van der Waals surface area contributed by atoms with E-state index in [1.54, 1.807) is 0 Å². The Morgan fingerprint density at radius 3 is 2.58 bits per heavy atom. The molecule has 1 aliphatic rings. The molecular formula is C15H30N2O2. The van der Waals surface area contributed by atoms with E-state index in [2.05, 4.69) is 39.9 Å². The van der Waals surface area contributed by atoms with Gasteiger partial charge in [0, 0.05) is 31.6 Å². The van der Waals surface area contributed by atoms with Gasteiger partial charge in [0.15, 0.2) is 0 Å². The molecule has 0 aliphatic carbocycles. The average Bonchev–Trinajstić information content (AvgIpc) is 2.39. The minimum Gasteiger partial charge on any atom is -0.390 e. The van der Waals surface area contributed by atoms with Crippen molar-refractivity contribution in [3.63, 3.8) is 0 Å². The Balaban J connectivity index is 2.44. The minimum atomic E-state index is -0.496. The second kappa shape index (κ2) is 6.23. The van der Waals surface area contributed by atoms with Gasteiger partial charge in [0.1, 0.15) is 0 Å². The lowest BCUT2D eigenvalue weighted by Crippen LogP contribution is -2.46. The van der Waals surface area contributed by atoms with Crippen LogP contribution < -0.4 is 5.32 Å². The number of carbonyl (C=O) groups is 1. The monoisotopic (exact) mass is 270 g/mol. The average molecular weight is 270 g/mol. The van der Waals surface area contributed by atoms with Gasteiger partial charge in [-0.1, -0.05) is 13.8 Å². The third kappa shape index (κ3) is 6.39. The maximum atomic E-state index is 12.0. The van der Waals surface area contributed by atoms with Gasteiger partial charge in [0.2, 0.25) is 5.91 Å². The molecule has 0 aromatic carbocycles. The number of hydrogen-bond donors (Lipinski definition) is 2. The Hall–Kier alpha value is -0.610. The number of carbonyl (C=O) groups excluding carboxylic acids is 1. The number of rotatable bonds is 4. The summed E-state index contributed by atoms with van der Waals surface area (Å²) in [5.41, 5.74) is 0.227. The summed E-state index contributed by atoms with van der Waals surface area (Å²) in [4.78, 5) is 13.9. The van der Waals surface area contributed by atoms with Crippen LogP contribution >= 0.6 is 0 Å². The van der Waals surface area contributed by atoms with Crippen LogP contribution in [0.2, 0.25) is 0 Å². The van der Waals surface area contributed by atoms with Gasteiger partial charge < -0.3 is 15.3 Å². The number of likely N-dealkylation sites (tertiary alicyclic amines) is 1. The molecule has 112 valence electrons. The highest BCUT2D eigenvalue weighted by molar-refractivity contribution is 5.76. The highest BCUT2D eigenvalue weighted by atomic mass is 16.3. The van der Waals surface area contributed by atoms with Gasteiger partial charge in [0.05, 0.1) is 6.10 Å². The SMILES string of the molecule is CC1(C)CCC(=O)N(CC(O)CNC(C)(C)C)CC1. The van der Waals surface area contributed by atoms with E-state index in [0.29, 0.717) is 19.5 Å². The van der Waals surface area contributed by atoms with Crippen LogP contribution in [0.3, 0.4) is 0 Å². The van der Waals surface area contributed by atoms with Crippen LogP contribution in [0.4, 0.5) is 0 Å². The molecule has 1 rings (SSSR count). The van der Waals surface area contributed by atoms with Gasteiger partial charge in [-0.3, -0.25) is 4.79 Å². The lowest BCUT2D eigenvalue weighted by Gasteiger charge is -2.27. The summed E-state index contributed by atoms with van der Waals surface area (Å²) in [5, 5.41) is 13.3. The number of nitrogens with one attached hydrogen (secondary N) is 1. The first kappa shape index (κ1) is 16.4. The van der Waals surface area contributed by atoms with Crippen LogP contribution in [0.15, 0.2) is 0 Å². The van der Waals surface area contributed by atoms with Gasteiger partial charge in [0.25, 0.3) is 0 Å². The fourth-order valence-electron chi connectivity index (χ4n) is 2.23. The summed E-state index contributed by atoms with van der Waals surface area (Å²) in [6, 6.07) is 0. The maximum Gasteiger partial charge on any atom is 0.222 e. The van der Waals surface area contributed by atoms with Gasteiger partial charge in [-0.25, -0.2) is 0 Å². The molecule has 0 aromatic rings. The van der Waals surface area contributed by atoms with E-state index in [9.17, 15) is 9.90 Å². The minimum absolute atomic E-state index is 0.00817. The summed E-state index contributed by atoms with van der Waals surface area (Å²) >= 11 is 0. The summed E-state index contributed by atoms with van der Waals surface area (Å²) in [7, 11) is 0. The molecule has 0 radical (unpaired) electrons. The Labute approximate surface area is 117 Å². The van der Waals surface area contributed by atoms with Crippen LogP contribution in [-0.2, 0) is 4.79 Å². The van der Waals surface area contributed by atoms with Crippen molar-refractivity contribution >= 4 is 5.91 Å². The van der Waals surface area contributed by atoms with Crippen molar-refractivity contribution in [1.29, 1.82) is 0 Å². The molecule has 0 spiro atoms. The zero-order chi connectivity index (χ0) is 14.7. The Kier molecular flexibility index (Phi) is 5.39. The molecule has 1 aliphatic heterocycles. The fourth-order valence-corrected chi connectivity index (χ4v) is 2.23. The zero-order valence-corrected chi connectivity index (χ0v) is 13.1. The number of nitrogens with zero attached hydrogens (tertiary/aromatic N) is 1. The molecule has 2 N–H and O–H groups in total. The van der Waals surface area contributed by atoms with Crippen molar-refractivity contribution in [3.8, 4) is 0 Å². The Morgan fingerprint density at radius 2 is 2.00 bits per heavy atom. The van der Waals surface area contributed by atoms with Crippen molar-refractivity contribution in [3.05, 3.63) is 0 Å². The first-order valence-electron chi connectivity index (χ1n) is 7.30. The van der Waals surface area contributed by atoms with Crippen molar-refractivity contribution in [2.75, 3.05) is 19.6 Å². The summed E-state index contributed by atoms with van der Waals surface area (Å²) in [5.74, 6) is 0.181. The van der Waals surface area contributed by atoms with E-state index in [1.807, 2.05) is 4.90 Å². The molecule has 0 saturated carbocycles. The zero-order valence-electron chi connectivity index (χ0n) is 13.1. The van der Waals surface area contributed by atoms with E-state index in [-0.39, 0.29) is 16.9 Å². The van der Waals surface area contributed by atoms with Crippen LogP contribution in [0.1, 0.15) is 53.9 Å². The van der Waals surface area contributed by atoms with Crippen LogP contribution in [0.25, 0.3) is 0 Å². The molecule has 1 saturated heterocycles. The number of aliphatic hydroxyl groups is 1. The van der Waals surface area contributed by atoms with Crippen molar-refractivity contribution in [2.45, 2.75) is 65.5 Å². The topological polar surface area (TPSA) is 52.6 Å². The first-order valence-corrected chi connectivity index (χ1v) is 7.30. The molecule has 19 heavy (non-hydrogen) atoms. The second-order valence-corrected chi connectivity index (χ2v) is 7.54. The van der Waals surface area contributed by atoms with E-state index in [1.165, 1.54) is 0 Å². The number of β-amino-alcohol motifs (C(OH)–C–C–N with tert-alkyl or cyclic N) is 1. The number of hydrogen-bond acceptors (Lipinski definition) is 3. The largest absolute Gasteiger partial charge is 0.390 e. The Bertz CT molecular complexity index is 308. The van der Waals surface area contributed by atoms with E-state index < -0.39 is 6.10 Å². The predicted octanol–water partition coefficient (Wildman–Crippen LogP) is 1.77.